The number of rotatable bonds is 4. The molecule has 2 fully saturated rings. The van der Waals surface area contributed by atoms with Gasteiger partial charge in [-0.2, -0.15) is 8.61 Å². The molecule has 0 amide bonds. The molecule has 0 aromatic heterocycles. The molecule has 0 bridgehead atoms. The molecule has 0 saturated carbocycles. The van der Waals surface area contributed by atoms with Gasteiger partial charge >= 0.3 is 0 Å². The quantitative estimate of drug-likeness (QED) is 0.799. The standard InChI is InChI=1S/C15H23N3O4S2.ClH/c16-13-6-10-18(11-7-13)24(21,22)15-5-3-4-14(12-15)23(19,20)17-8-1-2-9-17;/h3-5,12-13H,1-2,6-11,16H2;1H. The Morgan fingerprint density at radius 3 is 1.76 bits per heavy atom. The molecule has 2 aliphatic heterocycles. The van der Waals surface area contributed by atoms with Crippen molar-refractivity contribution in [2.45, 2.75) is 41.5 Å². The average molecular weight is 410 g/mol. The maximum atomic E-state index is 12.8. The Morgan fingerprint density at radius 1 is 0.840 bits per heavy atom. The Labute approximate surface area is 155 Å². The molecule has 3 rings (SSSR count). The van der Waals surface area contributed by atoms with Gasteiger partial charge in [0.1, 0.15) is 0 Å². The normalized spacial score (nSPS) is 21.2. The van der Waals surface area contributed by atoms with Crippen LogP contribution in [0.3, 0.4) is 0 Å². The summed E-state index contributed by atoms with van der Waals surface area (Å²) in [5.74, 6) is 0. The van der Waals surface area contributed by atoms with Crippen LogP contribution in [0.25, 0.3) is 0 Å². The topological polar surface area (TPSA) is 101 Å². The van der Waals surface area contributed by atoms with Crippen molar-refractivity contribution >= 4 is 32.5 Å². The third-order valence-electron chi connectivity index (χ3n) is 4.64. The van der Waals surface area contributed by atoms with Gasteiger partial charge < -0.3 is 5.73 Å². The van der Waals surface area contributed by atoms with E-state index in [4.69, 9.17) is 5.73 Å². The van der Waals surface area contributed by atoms with Crippen molar-refractivity contribution in [3.05, 3.63) is 24.3 Å². The maximum absolute atomic E-state index is 12.8. The summed E-state index contributed by atoms with van der Waals surface area (Å²) in [6.07, 6.45) is 2.91. The first kappa shape index (κ1) is 20.6. The highest BCUT2D eigenvalue weighted by Crippen LogP contribution is 2.25. The van der Waals surface area contributed by atoms with E-state index in [1.807, 2.05) is 0 Å². The van der Waals surface area contributed by atoms with Gasteiger partial charge in [-0.15, -0.1) is 12.4 Å². The molecule has 142 valence electrons. The van der Waals surface area contributed by atoms with Gasteiger partial charge in [0.05, 0.1) is 9.79 Å². The number of hydrogen-bond acceptors (Lipinski definition) is 5. The third kappa shape index (κ3) is 4.17. The number of nitrogens with zero attached hydrogens (tertiary/aromatic N) is 2. The zero-order valence-electron chi connectivity index (χ0n) is 13.9. The first-order chi connectivity index (χ1) is 11.3. The van der Waals surface area contributed by atoms with E-state index >= 15 is 0 Å². The van der Waals surface area contributed by atoms with Gasteiger partial charge in [-0.05, 0) is 43.9 Å². The van der Waals surface area contributed by atoms with Gasteiger partial charge in [-0.3, -0.25) is 0 Å². The van der Waals surface area contributed by atoms with E-state index in [2.05, 4.69) is 0 Å². The van der Waals surface area contributed by atoms with Crippen LogP contribution < -0.4 is 5.73 Å². The Kier molecular flexibility index (Phi) is 6.50. The number of nitrogens with two attached hydrogens (primary N) is 1. The first-order valence-electron chi connectivity index (χ1n) is 8.18. The third-order valence-corrected chi connectivity index (χ3v) is 8.43. The molecule has 2 aliphatic rings. The predicted molar refractivity (Wildman–Crippen MR) is 97.7 cm³/mol. The van der Waals surface area contributed by atoms with Gasteiger partial charge in [-0.1, -0.05) is 6.07 Å². The molecule has 2 N–H and O–H groups in total. The minimum Gasteiger partial charge on any atom is -0.328 e. The van der Waals surface area contributed by atoms with Crippen LogP contribution in [0.15, 0.2) is 34.1 Å². The fraction of sp³-hybridized carbons (Fsp3) is 0.600. The molecule has 1 aromatic carbocycles. The lowest BCUT2D eigenvalue weighted by molar-refractivity contribution is 0.320. The average Bonchev–Trinajstić information content (AvgIpc) is 3.11. The lowest BCUT2D eigenvalue weighted by Crippen LogP contribution is -2.42. The van der Waals surface area contributed by atoms with Crippen LogP contribution >= 0.6 is 12.4 Å². The highest BCUT2D eigenvalue weighted by atomic mass is 35.5. The van der Waals surface area contributed by atoms with Crippen molar-refractivity contribution in [3.63, 3.8) is 0 Å². The zero-order chi connectivity index (χ0) is 17.4. The van der Waals surface area contributed by atoms with Crippen LogP contribution in [0.4, 0.5) is 0 Å². The van der Waals surface area contributed by atoms with Crippen molar-refractivity contribution in [3.8, 4) is 0 Å². The molecule has 1 aromatic rings. The molecular weight excluding hydrogens is 386 g/mol. The monoisotopic (exact) mass is 409 g/mol. The maximum Gasteiger partial charge on any atom is 0.243 e. The lowest BCUT2D eigenvalue weighted by atomic mass is 10.1. The molecule has 25 heavy (non-hydrogen) atoms. The van der Waals surface area contributed by atoms with E-state index < -0.39 is 20.0 Å². The fourth-order valence-corrected chi connectivity index (χ4v) is 6.29. The second-order valence-electron chi connectivity index (χ2n) is 6.33. The van der Waals surface area contributed by atoms with Crippen LogP contribution in [-0.2, 0) is 20.0 Å². The van der Waals surface area contributed by atoms with E-state index in [1.54, 1.807) is 0 Å². The summed E-state index contributed by atoms with van der Waals surface area (Å²) >= 11 is 0. The van der Waals surface area contributed by atoms with Crippen LogP contribution in [0.1, 0.15) is 25.7 Å². The molecule has 0 atom stereocenters. The second kappa shape index (κ2) is 7.89. The number of piperidine rings is 1. The summed E-state index contributed by atoms with van der Waals surface area (Å²) in [6, 6.07) is 5.70. The molecule has 0 aliphatic carbocycles. The SMILES string of the molecule is Cl.NC1CCN(S(=O)(=O)c2cccc(S(=O)(=O)N3CCCC3)c2)CC1. The Morgan fingerprint density at radius 2 is 1.28 bits per heavy atom. The number of sulfonamides is 2. The minimum atomic E-state index is -3.70. The van der Waals surface area contributed by atoms with E-state index in [9.17, 15) is 16.8 Å². The highest BCUT2D eigenvalue weighted by molar-refractivity contribution is 7.90. The van der Waals surface area contributed by atoms with Crippen molar-refractivity contribution in [1.29, 1.82) is 0 Å². The summed E-state index contributed by atoms with van der Waals surface area (Å²) in [4.78, 5) is 0.0671. The molecule has 0 spiro atoms. The van der Waals surface area contributed by atoms with Crippen LogP contribution in [-0.4, -0.2) is 57.7 Å². The zero-order valence-corrected chi connectivity index (χ0v) is 16.3. The number of halogens is 1. The summed E-state index contributed by atoms with van der Waals surface area (Å²) < 4.78 is 53.6. The first-order valence-corrected chi connectivity index (χ1v) is 11.1. The van der Waals surface area contributed by atoms with Gasteiger partial charge in [0.15, 0.2) is 0 Å². The Balaban J connectivity index is 0.00000225. The molecule has 7 nitrogen and oxygen atoms in total. The molecule has 0 radical (unpaired) electrons. The summed E-state index contributed by atoms with van der Waals surface area (Å²) in [6.45, 7) is 1.71. The van der Waals surface area contributed by atoms with Crippen molar-refractivity contribution in [1.82, 2.24) is 8.61 Å². The van der Waals surface area contributed by atoms with Crippen molar-refractivity contribution < 1.29 is 16.8 Å². The predicted octanol–water partition coefficient (Wildman–Crippen LogP) is 1.00. The fourth-order valence-electron chi connectivity index (χ4n) is 3.14. The largest absolute Gasteiger partial charge is 0.328 e. The van der Waals surface area contributed by atoms with Gasteiger partial charge in [-0.25, -0.2) is 16.8 Å². The van der Waals surface area contributed by atoms with Crippen molar-refractivity contribution in [2.75, 3.05) is 26.2 Å². The Hall–Kier alpha value is -0.710. The van der Waals surface area contributed by atoms with E-state index in [0.717, 1.165) is 12.8 Å². The lowest BCUT2D eigenvalue weighted by Gasteiger charge is -2.29. The summed E-state index contributed by atoms with van der Waals surface area (Å²) in [7, 11) is -7.33. The molecule has 2 heterocycles. The minimum absolute atomic E-state index is 0. The Bertz CT molecular complexity index is 800. The van der Waals surface area contributed by atoms with Crippen LogP contribution in [0, 0.1) is 0 Å². The summed E-state index contributed by atoms with van der Waals surface area (Å²) in [5.41, 5.74) is 5.82. The molecule has 2 saturated heterocycles. The van der Waals surface area contributed by atoms with Crippen LogP contribution in [0.5, 0.6) is 0 Å². The highest BCUT2D eigenvalue weighted by Gasteiger charge is 2.31. The van der Waals surface area contributed by atoms with Gasteiger partial charge in [0.25, 0.3) is 0 Å². The molecular formula is C15H24ClN3O4S2. The number of hydrogen-bond donors (Lipinski definition) is 1. The van der Waals surface area contributed by atoms with E-state index in [0.29, 0.717) is 39.0 Å². The van der Waals surface area contributed by atoms with Gasteiger partial charge in [0, 0.05) is 32.2 Å². The number of benzene rings is 1. The van der Waals surface area contributed by atoms with Crippen LogP contribution in [0.2, 0.25) is 0 Å². The smallest absolute Gasteiger partial charge is 0.243 e. The molecule has 10 heteroatoms. The van der Waals surface area contributed by atoms with E-state index in [-0.39, 0.29) is 28.2 Å². The van der Waals surface area contributed by atoms with Crippen molar-refractivity contribution in [2.24, 2.45) is 5.73 Å². The molecule has 0 unspecified atom stereocenters. The second-order valence-corrected chi connectivity index (χ2v) is 10.2. The summed E-state index contributed by atoms with van der Waals surface area (Å²) in [5, 5.41) is 0. The van der Waals surface area contributed by atoms with Gasteiger partial charge in [0.2, 0.25) is 20.0 Å². The van der Waals surface area contributed by atoms with E-state index in [1.165, 1.54) is 32.9 Å².